The van der Waals surface area contributed by atoms with Crippen molar-refractivity contribution < 1.29 is 36.2 Å². The zero-order valence-corrected chi connectivity index (χ0v) is 22.3. The number of alkyl halides is 4. The lowest BCUT2D eigenvalue weighted by molar-refractivity contribution is -0.0328. The van der Waals surface area contributed by atoms with Gasteiger partial charge in [0.25, 0.3) is 5.91 Å². The molecule has 0 radical (unpaired) electrons. The van der Waals surface area contributed by atoms with Crippen molar-refractivity contribution in [3.63, 3.8) is 0 Å². The van der Waals surface area contributed by atoms with Gasteiger partial charge in [0, 0.05) is 31.1 Å². The Labute approximate surface area is 227 Å². The van der Waals surface area contributed by atoms with Crippen LogP contribution in [0.3, 0.4) is 0 Å². The summed E-state index contributed by atoms with van der Waals surface area (Å²) < 4.78 is 71.6. The molecule has 1 aliphatic heterocycles. The summed E-state index contributed by atoms with van der Waals surface area (Å²) in [6.07, 6.45) is -0.604. The first-order chi connectivity index (χ1) is 18.6. The van der Waals surface area contributed by atoms with Crippen LogP contribution in [0.15, 0.2) is 45.7 Å². The van der Waals surface area contributed by atoms with E-state index in [1.165, 1.54) is 32.4 Å². The Morgan fingerprint density at radius 3 is 2.74 bits per heavy atom. The minimum atomic E-state index is -4.58. The van der Waals surface area contributed by atoms with Gasteiger partial charge < -0.3 is 29.4 Å². The fourth-order valence-corrected chi connectivity index (χ4v) is 4.92. The molecule has 4 rings (SSSR count). The third kappa shape index (κ3) is 6.91. The quantitative estimate of drug-likeness (QED) is 0.229. The number of methoxy groups -OCH3 is 1. The van der Waals surface area contributed by atoms with Gasteiger partial charge in [0.2, 0.25) is 0 Å². The van der Waals surface area contributed by atoms with Gasteiger partial charge in [0.1, 0.15) is 12.8 Å². The number of fused-ring (bicyclic) bond motifs is 1. The number of likely N-dealkylation sites (tertiary alicyclic amines) is 1. The van der Waals surface area contributed by atoms with Gasteiger partial charge >= 0.3 is 5.51 Å². The molecule has 0 bridgehead atoms. The summed E-state index contributed by atoms with van der Waals surface area (Å²) in [6.45, 7) is 0.765. The van der Waals surface area contributed by atoms with Crippen molar-refractivity contribution in [1.29, 1.82) is 0 Å². The molecule has 2 heterocycles. The Kier molecular flexibility index (Phi) is 8.82. The third-order valence-electron chi connectivity index (χ3n) is 6.13. The predicted octanol–water partition coefficient (Wildman–Crippen LogP) is 5.30. The summed E-state index contributed by atoms with van der Waals surface area (Å²) in [5.74, 6) is 5.45. The van der Waals surface area contributed by atoms with E-state index in [0.717, 1.165) is 0 Å². The second-order valence-corrected chi connectivity index (χ2v) is 9.92. The number of para-hydroxylation sites is 1. The topological polar surface area (TPSA) is 76.0 Å². The maximum absolute atomic E-state index is 14.6. The van der Waals surface area contributed by atoms with Gasteiger partial charge in [-0.3, -0.25) is 4.79 Å². The highest BCUT2D eigenvalue weighted by Crippen LogP contribution is 2.45. The molecule has 1 saturated heterocycles. The van der Waals surface area contributed by atoms with E-state index in [2.05, 4.69) is 22.5 Å². The summed E-state index contributed by atoms with van der Waals surface area (Å²) in [7, 11) is 4.75. The molecule has 1 aliphatic rings. The average Bonchev–Trinajstić information content (AvgIpc) is 3.24. The van der Waals surface area contributed by atoms with Crippen LogP contribution < -0.4 is 20.1 Å². The average molecular weight is 566 g/mol. The molecule has 3 aromatic rings. The number of anilines is 1. The molecule has 1 fully saturated rings. The number of piperidine rings is 1. The Hall–Kier alpha value is -3.56. The number of amides is 1. The molecule has 39 heavy (non-hydrogen) atoms. The minimum absolute atomic E-state index is 0.173. The van der Waals surface area contributed by atoms with Crippen LogP contribution in [0.5, 0.6) is 11.5 Å². The summed E-state index contributed by atoms with van der Waals surface area (Å²) in [6, 6.07) is 8.84. The van der Waals surface area contributed by atoms with Gasteiger partial charge in [-0.05, 0) is 61.5 Å². The second-order valence-electron chi connectivity index (χ2n) is 8.84. The van der Waals surface area contributed by atoms with Crippen LogP contribution in [0.2, 0.25) is 0 Å². The maximum atomic E-state index is 14.6. The third-order valence-corrected chi connectivity index (χ3v) is 6.97. The molecule has 2 atom stereocenters. The number of nitrogens with one attached hydrogen (secondary N) is 2. The molecule has 2 N–H and O–H groups in total. The fraction of sp³-hybridized carbons (Fsp3) is 0.370. The van der Waals surface area contributed by atoms with E-state index in [4.69, 9.17) is 13.9 Å². The van der Waals surface area contributed by atoms with Crippen molar-refractivity contribution in [2.45, 2.75) is 29.0 Å². The van der Waals surface area contributed by atoms with Crippen molar-refractivity contribution in [3.8, 4) is 23.3 Å². The number of carbonyl (C=O) groups is 1. The predicted molar refractivity (Wildman–Crippen MR) is 141 cm³/mol. The van der Waals surface area contributed by atoms with Gasteiger partial charge in [0.05, 0.1) is 23.7 Å². The molecular weight excluding hydrogens is 538 g/mol. The van der Waals surface area contributed by atoms with E-state index in [-0.39, 0.29) is 52.4 Å². The second kappa shape index (κ2) is 12.1. The van der Waals surface area contributed by atoms with Crippen molar-refractivity contribution in [1.82, 2.24) is 10.2 Å². The molecule has 0 aliphatic carbocycles. The number of furan rings is 1. The Morgan fingerprint density at radius 1 is 1.26 bits per heavy atom. The van der Waals surface area contributed by atoms with Gasteiger partial charge in [-0.1, -0.05) is 12.0 Å². The van der Waals surface area contributed by atoms with Gasteiger partial charge in [-0.25, -0.2) is 4.39 Å². The molecule has 1 aromatic heterocycles. The van der Waals surface area contributed by atoms with Crippen molar-refractivity contribution in [3.05, 3.63) is 47.7 Å². The summed E-state index contributed by atoms with van der Waals surface area (Å²) in [4.78, 5) is 13.5. The highest BCUT2D eigenvalue weighted by molar-refractivity contribution is 8.00. The molecule has 2 aromatic carbocycles. The minimum Gasteiger partial charge on any atom is -0.493 e. The van der Waals surface area contributed by atoms with E-state index in [9.17, 15) is 22.4 Å². The number of rotatable bonds is 7. The van der Waals surface area contributed by atoms with Crippen molar-refractivity contribution >= 4 is 34.3 Å². The van der Waals surface area contributed by atoms with Crippen LogP contribution in [0.25, 0.3) is 11.0 Å². The monoisotopic (exact) mass is 565 g/mol. The molecule has 1 amide bonds. The molecular formula is C27H27F4N3O4S. The summed E-state index contributed by atoms with van der Waals surface area (Å²) >= 11 is -0.317. The Morgan fingerprint density at radius 2 is 2.05 bits per heavy atom. The summed E-state index contributed by atoms with van der Waals surface area (Å²) in [5, 5.41) is 5.85. The van der Waals surface area contributed by atoms with Crippen LogP contribution in [0.4, 0.5) is 23.2 Å². The smallest absolute Gasteiger partial charge is 0.446 e. The number of ether oxygens (including phenoxy) is 2. The zero-order valence-electron chi connectivity index (χ0n) is 21.4. The van der Waals surface area contributed by atoms with Crippen molar-refractivity contribution in [2.75, 3.05) is 46.2 Å². The van der Waals surface area contributed by atoms with E-state index in [0.29, 0.717) is 35.7 Å². The first-order valence-electron chi connectivity index (χ1n) is 12.0. The highest BCUT2D eigenvalue weighted by atomic mass is 32.2. The SMILES string of the molecule is CNC(=O)c1ccc(OCC#Cc2oc3c(N[C@@H]4CCN(C)C[C@@H]4F)cccc3c2SC(F)(F)F)c(OC)c1. The molecule has 12 heteroatoms. The van der Waals surface area contributed by atoms with Crippen LogP contribution >= 0.6 is 11.8 Å². The lowest BCUT2D eigenvalue weighted by atomic mass is 10.0. The molecule has 0 saturated carbocycles. The molecule has 0 unspecified atom stereocenters. The Bertz CT molecular complexity index is 1400. The number of hydrogen-bond donors (Lipinski definition) is 2. The fourth-order valence-electron chi connectivity index (χ4n) is 4.23. The lowest BCUT2D eigenvalue weighted by Gasteiger charge is -2.33. The van der Waals surface area contributed by atoms with Gasteiger partial charge in [-0.2, -0.15) is 13.2 Å². The number of benzene rings is 2. The van der Waals surface area contributed by atoms with E-state index in [1.54, 1.807) is 18.2 Å². The number of thioether (sulfide) groups is 1. The molecule has 0 spiro atoms. The zero-order chi connectivity index (χ0) is 28.2. The van der Waals surface area contributed by atoms with Gasteiger partial charge in [0.15, 0.2) is 22.8 Å². The maximum Gasteiger partial charge on any atom is 0.446 e. The first kappa shape index (κ1) is 28.4. The van der Waals surface area contributed by atoms with Crippen LogP contribution in [0.1, 0.15) is 22.5 Å². The Balaban J connectivity index is 1.59. The standard InChI is InChI=1S/C27H27F4N3O4S/c1-32-26(35)16-9-10-21(23(14-16)36-3)37-13-5-8-22-25(39-27(29,30)31)17-6-4-7-20(24(17)38-22)33-19-11-12-34(2)15-18(19)28/h4,6-7,9-10,14,18-19,33H,11-13,15H2,1-3H3,(H,32,35)/t18-,19+/m0/s1. The van der Waals surface area contributed by atoms with E-state index < -0.39 is 17.7 Å². The van der Waals surface area contributed by atoms with Crippen LogP contribution in [-0.2, 0) is 0 Å². The lowest BCUT2D eigenvalue weighted by Crippen LogP contribution is -2.46. The largest absolute Gasteiger partial charge is 0.493 e. The number of halogens is 4. The summed E-state index contributed by atoms with van der Waals surface area (Å²) in [5.41, 5.74) is -3.64. The van der Waals surface area contributed by atoms with Gasteiger partial charge in [-0.15, -0.1) is 0 Å². The van der Waals surface area contributed by atoms with Crippen molar-refractivity contribution in [2.24, 2.45) is 0 Å². The van der Waals surface area contributed by atoms with E-state index in [1.807, 2.05) is 11.9 Å². The number of carbonyl (C=O) groups excluding carboxylic acids is 1. The molecule has 208 valence electrons. The number of nitrogens with zero attached hydrogens (tertiary/aromatic N) is 1. The van der Waals surface area contributed by atoms with Crippen LogP contribution in [0, 0.1) is 11.8 Å². The van der Waals surface area contributed by atoms with E-state index >= 15 is 0 Å². The number of hydrogen-bond acceptors (Lipinski definition) is 7. The first-order valence-corrected chi connectivity index (χ1v) is 12.8. The normalized spacial score (nSPS) is 17.8. The highest BCUT2D eigenvalue weighted by Gasteiger charge is 2.34. The molecule has 7 nitrogen and oxygen atoms in total. The van der Waals surface area contributed by atoms with Crippen LogP contribution in [-0.4, -0.2) is 69.4 Å².